The van der Waals surface area contributed by atoms with E-state index in [9.17, 15) is 4.79 Å². The number of nitrogens with zero attached hydrogens (tertiary/aromatic N) is 3. The van der Waals surface area contributed by atoms with Crippen LogP contribution in [0.1, 0.15) is 53.3 Å². The van der Waals surface area contributed by atoms with Gasteiger partial charge in [0.1, 0.15) is 4.88 Å². The second-order valence-electron chi connectivity index (χ2n) is 6.22. The van der Waals surface area contributed by atoms with Crippen LogP contribution in [0.15, 0.2) is 30.3 Å². The van der Waals surface area contributed by atoms with E-state index in [1.807, 2.05) is 24.0 Å². The summed E-state index contributed by atoms with van der Waals surface area (Å²) in [6, 6.07) is 10.5. The number of aryl methyl sites for hydroxylation is 1. The lowest BCUT2D eigenvalue weighted by atomic mass is 9.98. The largest absolute Gasteiger partial charge is 0.357 e. The Labute approximate surface area is 144 Å². The molecule has 6 heteroatoms. The molecule has 2 aromatic heterocycles. The molecular weight excluding hydrogens is 320 g/mol. The fourth-order valence-corrected chi connectivity index (χ4v) is 4.21. The maximum absolute atomic E-state index is 13.1. The third-order valence-corrected chi connectivity index (χ3v) is 5.51. The van der Waals surface area contributed by atoms with E-state index in [-0.39, 0.29) is 11.9 Å². The summed E-state index contributed by atoms with van der Waals surface area (Å²) in [5.74, 6) is 0.0743. The van der Waals surface area contributed by atoms with E-state index in [4.69, 9.17) is 0 Å². The van der Waals surface area contributed by atoms with Crippen molar-refractivity contribution in [1.82, 2.24) is 19.5 Å². The highest BCUT2D eigenvalue weighted by atomic mass is 32.1. The zero-order valence-electron chi connectivity index (χ0n) is 13.7. The summed E-state index contributed by atoms with van der Waals surface area (Å²) in [6.07, 6.45) is 3.93. The Kier molecular flexibility index (Phi) is 4.06. The summed E-state index contributed by atoms with van der Waals surface area (Å²) in [7, 11) is 0. The number of hydrogen-bond acceptors (Lipinski definition) is 4. The molecule has 0 saturated carbocycles. The van der Waals surface area contributed by atoms with E-state index in [2.05, 4.69) is 32.8 Å². The van der Waals surface area contributed by atoms with Gasteiger partial charge in [-0.25, -0.2) is 0 Å². The zero-order chi connectivity index (χ0) is 16.5. The lowest BCUT2D eigenvalue weighted by Gasteiger charge is -2.35. The predicted octanol–water partition coefficient (Wildman–Crippen LogP) is 3.95. The molecule has 1 atom stereocenters. The Bertz CT molecular complexity index is 836. The molecule has 1 amide bonds. The molecule has 0 unspecified atom stereocenters. The number of H-pyrrole nitrogens is 1. The molecule has 1 fully saturated rings. The Hall–Kier alpha value is -2.21. The van der Waals surface area contributed by atoms with Gasteiger partial charge >= 0.3 is 0 Å². The molecule has 1 aliphatic heterocycles. The smallest absolute Gasteiger partial charge is 0.268 e. The van der Waals surface area contributed by atoms with Crippen molar-refractivity contribution in [2.75, 3.05) is 6.54 Å². The molecule has 4 rings (SSSR count). The Morgan fingerprint density at radius 2 is 2.25 bits per heavy atom. The molecule has 5 nitrogen and oxygen atoms in total. The number of hydrogen-bond donors (Lipinski definition) is 1. The highest BCUT2D eigenvalue weighted by Gasteiger charge is 2.31. The van der Waals surface area contributed by atoms with Crippen LogP contribution in [-0.4, -0.2) is 31.9 Å². The average Bonchev–Trinajstić information content (AvgIpc) is 3.27. The molecular formula is C18H20N4OS. The van der Waals surface area contributed by atoms with Crippen molar-refractivity contribution >= 4 is 28.3 Å². The van der Waals surface area contributed by atoms with Gasteiger partial charge in [-0.15, -0.1) is 5.10 Å². The zero-order valence-corrected chi connectivity index (χ0v) is 14.5. The standard InChI is InChI=1S/C18H20N4OS/c1-2-13-17(24-21-20-13)18(23)22-10-6-5-9-16(22)15-11-12-7-3-4-8-14(12)19-15/h3-4,7-8,11,16,19H,2,5-6,9-10H2,1H3/t16-/m1/s1. The van der Waals surface area contributed by atoms with Gasteiger partial charge in [-0.3, -0.25) is 4.79 Å². The number of rotatable bonds is 3. The van der Waals surface area contributed by atoms with Gasteiger partial charge in [0, 0.05) is 17.8 Å². The molecule has 0 bridgehead atoms. The first-order chi connectivity index (χ1) is 11.8. The first kappa shape index (κ1) is 15.3. The van der Waals surface area contributed by atoms with E-state index in [1.165, 1.54) is 16.9 Å². The highest BCUT2D eigenvalue weighted by molar-refractivity contribution is 7.08. The number of nitrogens with one attached hydrogen (secondary N) is 1. The summed E-state index contributed by atoms with van der Waals surface area (Å²) in [6.45, 7) is 2.80. The molecule has 3 heterocycles. The van der Waals surface area contributed by atoms with Gasteiger partial charge in [0.05, 0.1) is 11.7 Å². The van der Waals surface area contributed by atoms with Gasteiger partial charge in [0.15, 0.2) is 0 Å². The number of aromatic amines is 1. The number of para-hydroxylation sites is 1. The monoisotopic (exact) mass is 340 g/mol. The van der Waals surface area contributed by atoms with E-state index < -0.39 is 0 Å². The van der Waals surface area contributed by atoms with Gasteiger partial charge in [-0.2, -0.15) is 0 Å². The SMILES string of the molecule is CCc1nnsc1C(=O)N1CCCC[C@@H]1c1cc2ccccc2[nH]1. The molecule has 0 aliphatic carbocycles. The summed E-state index contributed by atoms with van der Waals surface area (Å²) in [5.41, 5.74) is 3.06. The summed E-state index contributed by atoms with van der Waals surface area (Å²) in [4.78, 5) is 19.3. The number of likely N-dealkylation sites (tertiary alicyclic amines) is 1. The number of amides is 1. The summed E-state index contributed by atoms with van der Waals surface area (Å²) in [5, 5.41) is 5.29. The number of piperidine rings is 1. The molecule has 1 aliphatic rings. The van der Waals surface area contributed by atoms with Crippen molar-refractivity contribution in [3.63, 3.8) is 0 Å². The van der Waals surface area contributed by atoms with E-state index in [0.29, 0.717) is 4.88 Å². The van der Waals surface area contributed by atoms with Crippen molar-refractivity contribution in [1.29, 1.82) is 0 Å². The van der Waals surface area contributed by atoms with Gasteiger partial charge in [-0.1, -0.05) is 29.6 Å². The molecule has 1 N–H and O–H groups in total. The second-order valence-corrected chi connectivity index (χ2v) is 6.98. The lowest BCUT2D eigenvalue weighted by Crippen LogP contribution is -2.38. The third kappa shape index (κ3) is 2.60. The van der Waals surface area contributed by atoms with Crippen LogP contribution in [0.3, 0.4) is 0 Å². The topological polar surface area (TPSA) is 61.9 Å². The van der Waals surface area contributed by atoms with Crippen molar-refractivity contribution in [3.8, 4) is 0 Å². The van der Waals surface area contributed by atoms with Crippen LogP contribution < -0.4 is 0 Å². The fraction of sp³-hybridized carbons (Fsp3) is 0.389. The molecule has 124 valence electrons. The van der Waals surface area contributed by atoms with Crippen LogP contribution in [0.2, 0.25) is 0 Å². The van der Waals surface area contributed by atoms with Gasteiger partial charge in [0.2, 0.25) is 0 Å². The van der Waals surface area contributed by atoms with Gasteiger partial charge in [0.25, 0.3) is 5.91 Å². The van der Waals surface area contributed by atoms with Crippen LogP contribution in [0, 0.1) is 0 Å². The third-order valence-electron chi connectivity index (χ3n) is 4.76. The molecule has 3 aromatic rings. The molecule has 1 aromatic carbocycles. The Morgan fingerprint density at radius 3 is 3.08 bits per heavy atom. The van der Waals surface area contributed by atoms with Crippen LogP contribution in [0.5, 0.6) is 0 Å². The maximum atomic E-state index is 13.1. The van der Waals surface area contributed by atoms with Crippen LogP contribution in [-0.2, 0) is 6.42 Å². The first-order valence-corrected chi connectivity index (χ1v) is 9.25. The van der Waals surface area contributed by atoms with Crippen molar-refractivity contribution in [3.05, 3.63) is 46.6 Å². The Morgan fingerprint density at radius 1 is 1.38 bits per heavy atom. The first-order valence-electron chi connectivity index (χ1n) is 8.47. The summed E-state index contributed by atoms with van der Waals surface area (Å²) < 4.78 is 3.98. The number of carbonyl (C=O) groups excluding carboxylic acids is 1. The molecule has 0 spiro atoms. The van der Waals surface area contributed by atoms with Crippen LogP contribution in [0.4, 0.5) is 0 Å². The average molecular weight is 340 g/mol. The molecule has 0 radical (unpaired) electrons. The fourth-order valence-electron chi connectivity index (χ4n) is 3.51. The van der Waals surface area contributed by atoms with Gasteiger partial charge < -0.3 is 9.88 Å². The van der Waals surface area contributed by atoms with E-state index in [1.54, 1.807) is 0 Å². The van der Waals surface area contributed by atoms with Gasteiger partial charge in [-0.05, 0) is 54.7 Å². The number of benzene rings is 1. The Balaban J connectivity index is 1.69. The van der Waals surface area contributed by atoms with Crippen molar-refractivity contribution in [2.45, 2.75) is 38.6 Å². The highest BCUT2D eigenvalue weighted by Crippen LogP contribution is 2.34. The minimum Gasteiger partial charge on any atom is -0.357 e. The van der Waals surface area contributed by atoms with Crippen LogP contribution in [0.25, 0.3) is 10.9 Å². The minimum atomic E-state index is 0.0743. The summed E-state index contributed by atoms with van der Waals surface area (Å²) >= 11 is 1.22. The number of aromatic nitrogens is 3. The molecule has 24 heavy (non-hydrogen) atoms. The lowest BCUT2D eigenvalue weighted by molar-refractivity contribution is 0.0610. The van der Waals surface area contributed by atoms with Crippen LogP contribution >= 0.6 is 11.5 Å². The number of carbonyl (C=O) groups is 1. The maximum Gasteiger partial charge on any atom is 0.268 e. The van der Waals surface area contributed by atoms with Crippen molar-refractivity contribution < 1.29 is 4.79 Å². The normalized spacial score (nSPS) is 18.2. The quantitative estimate of drug-likeness (QED) is 0.785. The second kappa shape index (κ2) is 6.36. The van der Waals surface area contributed by atoms with Crippen molar-refractivity contribution in [2.24, 2.45) is 0 Å². The molecule has 1 saturated heterocycles. The predicted molar refractivity (Wildman–Crippen MR) is 95.2 cm³/mol. The van der Waals surface area contributed by atoms with E-state index >= 15 is 0 Å². The number of fused-ring (bicyclic) bond motifs is 1. The minimum absolute atomic E-state index is 0.0743. The van der Waals surface area contributed by atoms with E-state index in [0.717, 1.165) is 49.1 Å².